The molecule has 4 rings (SSSR count). The molecule has 170 valence electrons. The fraction of sp³-hybridized carbons (Fsp3) is 0.269. The molecule has 0 saturated heterocycles. The molecular weight excluding hydrogens is 424 g/mol. The Balaban J connectivity index is 1.50. The normalized spacial score (nSPS) is 11.2. The Labute approximate surface area is 189 Å². The van der Waals surface area contributed by atoms with E-state index in [9.17, 15) is 14.4 Å². The van der Waals surface area contributed by atoms with Gasteiger partial charge in [0.25, 0.3) is 0 Å². The highest BCUT2D eigenvalue weighted by Gasteiger charge is 2.15. The lowest BCUT2D eigenvalue weighted by atomic mass is 10.0. The summed E-state index contributed by atoms with van der Waals surface area (Å²) in [6.07, 6.45) is 0.190. The lowest BCUT2D eigenvalue weighted by molar-refractivity contribution is -0.144. The smallest absolute Gasteiger partial charge is 0.339 e. The zero-order valence-electron chi connectivity index (χ0n) is 18.9. The van der Waals surface area contributed by atoms with E-state index in [-0.39, 0.29) is 19.4 Å². The summed E-state index contributed by atoms with van der Waals surface area (Å²) in [4.78, 5) is 36.8. The van der Waals surface area contributed by atoms with Crippen molar-refractivity contribution >= 4 is 27.9 Å². The largest absolute Gasteiger partial charge is 0.497 e. The molecule has 0 bridgehead atoms. The molecule has 0 fully saturated rings. The fourth-order valence-corrected chi connectivity index (χ4v) is 3.85. The van der Waals surface area contributed by atoms with Crippen molar-refractivity contribution in [2.45, 2.75) is 40.2 Å². The summed E-state index contributed by atoms with van der Waals surface area (Å²) in [5.74, 6) is 0.114. The molecule has 7 heteroatoms. The minimum absolute atomic E-state index is 0.00473. The molecule has 0 aliphatic carbocycles. The molecule has 4 aromatic rings. The van der Waals surface area contributed by atoms with E-state index in [0.717, 1.165) is 27.5 Å². The monoisotopic (exact) mass is 448 g/mol. The minimum Gasteiger partial charge on any atom is -0.497 e. The number of esters is 1. The Morgan fingerprint density at radius 1 is 0.909 bits per heavy atom. The van der Waals surface area contributed by atoms with Gasteiger partial charge in [0.05, 0.1) is 7.11 Å². The summed E-state index contributed by atoms with van der Waals surface area (Å²) >= 11 is 0. The second kappa shape index (κ2) is 8.94. The maximum atomic E-state index is 12.5. The molecule has 7 nitrogen and oxygen atoms in total. The molecule has 0 amide bonds. The summed E-state index contributed by atoms with van der Waals surface area (Å²) in [6.45, 7) is 5.66. The summed E-state index contributed by atoms with van der Waals surface area (Å²) in [6, 6.07) is 10.3. The second-order valence-corrected chi connectivity index (χ2v) is 8.04. The van der Waals surface area contributed by atoms with Gasteiger partial charge in [-0.05, 0) is 68.1 Å². The zero-order valence-corrected chi connectivity index (χ0v) is 18.9. The third kappa shape index (κ3) is 4.53. The van der Waals surface area contributed by atoms with Gasteiger partial charge in [0, 0.05) is 40.5 Å². The Morgan fingerprint density at radius 3 is 2.39 bits per heavy atom. The quantitative estimate of drug-likeness (QED) is 0.316. The zero-order chi connectivity index (χ0) is 23.7. The van der Waals surface area contributed by atoms with Crippen molar-refractivity contribution in [3.05, 3.63) is 85.1 Å². The second-order valence-electron chi connectivity index (χ2n) is 8.04. The van der Waals surface area contributed by atoms with E-state index in [1.807, 2.05) is 32.9 Å². The minimum atomic E-state index is -0.502. The van der Waals surface area contributed by atoms with Crippen LogP contribution >= 0.6 is 0 Å². The number of ether oxygens (including phenoxy) is 2. The van der Waals surface area contributed by atoms with Gasteiger partial charge in [-0.3, -0.25) is 4.79 Å². The van der Waals surface area contributed by atoms with Gasteiger partial charge in [0.2, 0.25) is 0 Å². The van der Waals surface area contributed by atoms with Crippen LogP contribution in [0.3, 0.4) is 0 Å². The Morgan fingerprint density at radius 2 is 1.64 bits per heavy atom. The first kappa shape index (κ1) is 22.3. The number of hydrogen-bond acceptors (Lipinski definition) is 7. The van der Waals surface area contributed by atoms with Gasteiger partial charge in [0.1, 0.15) is 23.5 Å². The van der Waals surface area contributed by atoms with Crippen molar-refractivity contribution in [3.8, 4) is 5.75 Å². The van der Waals surface area contributed by atoms with Gasteiger partial charge < -0.3 is 18.3 Å². The third-order valence-corrected chi connectivity index (χ3v) is 5.91. The molecule has 0 aliphatic heterocycles. The number of methoxy groups -OCH3 is 1. The van der Waals surface area contributed by atoms with Gasteiger partial charge in [-0.25, -0.2) is 9.59 Å². The van der Waals surface area contributed by atoms with E-state index >= 15 is 0 Å². The van der Waals surface area contributed by atoms with Crippen LogP contribution in [0, 0.1) is 20.8 Å². The first-order valence-corrected chi connectivity index (χ1v) is 10.6. The van der Waals surface area contributed by atoms with Crippen molar-refractivity contribution in [2.75, 3.05) is 7.11 Å². The molecule has 0 unspecified atom stereocenters. The van der Waals surface area contributed by atoms with Gasteiger partial charge in [-0.15, -0.1) is 0 Å². The van der Waals surface area contributed by atoms with E-state index in [1.165, 1.54) is 6.07 Å². The molecule has 2 heterocycles. The van der Waals surface area contributed by atoms with Crippen LogP contribution in [-0.4, -0.2) is 13.1 Å². The van der Waals surface area contributed by atoms with Crippen molar-refractivity contribution in [2.24, 2.45) is 0 Å². The first-order chi connectivity index (χ1) is 15.8. The molecule has 0 saturated carbocycles. The van der Waals surface area contributed by atoms with Crippen molar-refractivity contribution in [1.29, 1.82) is 0 Å². The summed E-state index contributed by atoms with van der Waals surface area (Å²) in [7, 11) is 1.54. The van der Waals surface area contributed by atoms with Gasteiger partial charge in [0.15, 0.2) is 0 Å². The summed E-state index contributed by atoms with van der Waals surface area (Å²) in [5, 5.41) is 1.51. The molecule has 0 aliphatic rings. The van der Waals surface area contributed by atoms with Crippen molar-refractivity contribution in [1.82, 2.24) is 0 Å². The summed E-state index contributed by atoms with van der Waals surface area (Å²) in [5.41, 5.74) is 3.71. The lowest BCUT2D eigenvalue weighted by Crippen LogP contribution is -2.14. The van der Waals surface area contributed by atoms with E-state index < -0.39 is 17.2 Å². The van der Waals surface area contributed by atoms with Gasteiger partial charge >= 0.3 is 17.2 Å². The molecular formula is C26H24O7. The van der Waals surface area contributed by atoms with Gasteiger partial charge in [-0.2, -0.15) is 0 Å². The number of hydrogen-bond donors (Lipinski definition) is 0. The number of carbonyl (C=O) groups is 1. The van der Waals surface area contributed by atoms with Crippen LogP contribution in [0.5, 0.6) is 5.75 Å². The lowest BCUT2D eigenvalue weighted by Gasteiger charge is -2.10. The molecule has 0 spiro atoms. The standard InChI is InChI=1S/C26H24O7/c1-14-9-21-17(11-25(28)32-22(21)10-15(14)2)13-31-24(27)8-7-20-16(3)19-6-5-18(30-4)12-23(19)33-26(20)29/h5-6,9-12H,7-8,13H2,1-4H3. The van der Waals surface area contributed by atoms with E-state index in [4.69, 9.17) is 18.3 Å². The maximum absolute atomic E-state index is 12.5. The molecule has 0 radical (unpaired) electrons. The van der Waals surface area contributed by atoms with Crippen LogP contribution in [-0.2, 0) is 22.6 Å². The Bertz CT molecular complexity index is 1490. The van der Waals surface area contributed by atoms with Gasteiger partial charge in [-0.1, -0.05) is 0 Å². The van der Waals surface area contributed by atoms with Crippen LogP contribution in [0.25, 0.3) is 21.9 Å². The Hall–Kier alpha value is -3.87. The fourth-order valence-electron chi connectivity index (χ4n) is 3.85. The van der Waals surface area contributed by atoms with E-state index in [1.54, 1.807) is 25.3 Å². The highest BCUT2D eigenvalue weighted by molar-refractivity contribution is 5.83. The third-order valence-electron chi connectivity index (χ3n) is 5.91. The molecule has 2 aromatic heterocycles. The molecule has 0 N–H and O–H groups in total. The Kier molecular flexibility index (Phi) is 6.05. The van der Waals surface area contributed by atoms with Crippen LogP contribution in [0.2, 0.25) is 0 Å². The SMILES string of the molecule is COc1ccc2c(C)c(CCC(=O)OCc3cc(=O)oc4cc(C)c(C)cc34)c(=O)oc2c1. The molecule has 2 aromatic carbocycles. The van der Waals surface area contributed by atoms with Crippen LogP contribution < -0.4 is 16.0 Å². The van der Waals surface area contributed by atoms with Crippen LogP contribution in [0.4, 0.5) is 0 Å². The molecule has 33 heavy (non-hydrogen) atoms. The number of carbonyl (C=O) groups excluding carboxylic acids is 1. The number of aryl methyl sites for hydroxylation is 3. The highest BCUT2D eigenvalue weighted by Crippen LogP contribution is 2.25. The average Bonchev–Trinajstić information content (AvgIpc) is 2.78. The van der Waals surface area contributed by atoms with E-state index in [0.29, 0.717) is 28.0 Å². The predicted molar refractivity (Wildman–Crippen MR) is 124 cm³/mol. The van der Waals surface area contributed by atoms with Crippen molar-refractivity contribution in [3.63, 3.8) is 0 Å². The first-order valence-electron chi connectivity index (χ1n) is 10.6. The number of rotatable bonds is 6. The number of fused-ring (bicyclic) bond motifs is 2. The van der Waals surface area contributed by atoms with Crippen molar-refractivity contribution < 1.29 is 23.1 Å². The topological polar surface area (TPSA) is 96.0 Å². The number of benzene rings is 2. The summed E-state index contributed by atoms with van der Waals surface area (Å²) < 4.78 is 21.3. The maximum Gasteiger partial charge on any atom is 0.339 e. The van der Waals surface area contributed by atoms with Crippen LogP contribution in [0.15, 0.2) is 54.8 Å². The molecule has 0 atom stereocenters. The van der Waals surface area contributed by atoms with E-state index in [2.05, 4.69) is 0 Å². The van der Waals surface area contributed by atoms with Crippen LogP contribution in [0.1, 0.15) is 34.2 Å². The highest BCUT2D eigenvalue weighted by atomic mass is 16.5. The average molecular weight is 448 g/mol. The predicted octanol–water partition coefficient (Wildman–Crippen LogP) is 4.51.